The lowest BCUT2D eigenvalue weighted by Gasteiger charge is -2.38. The van der Waals surface area contributed by atoms with Gasteiger partial charge in [-0.3, -0.25) is 9.78 Å². The van der Waals surface area contributed by atoms with E-state index in [9.17, 15) is 18.0 Å². The van der Waals surface area contributed by atoms with Crippen LogP contribution in [0.25, 0.3) is 0 Å². The minimum Gasteiger partial charge on any atom is -0.487 e. The number of nitrogens with zero attached hydrogens (tertiary/aromatic N) is 2. The summed E-state index contributed by atoms with van der Waals surface area (Å²) >= 11 is 0. The largest absolute Gasteiger partial charge is 0.573 e. The number of aromatic nitrogens is 1. The summed E-state index contributed by atoms with van der Waals surface area (Å²) < 4.78 is 52.1. The molecule has 7 nitrogen and oxygen atoms in total. The maximum Gasteiger partial charge on any atom is 0.573 e. The fourth-order valence-corrected chi connectivity index (χ4v) is 3.31. The second-order valence-corrected chi connectivity index (χ2v) is 7.27. The third kappa shape index (κ3) is 7.32. The molecule has 31 heavy (non-hydrogen) atoms. The molecule has 0 amide bonds. The number of pyridine rings is 1. The van der Waals surface area contributed by atoms with E-state index in [4.69, 9.17) is 14.6 Å². The molecule has 0 aliphatic carbocycles. The number of halogens is 3. The van der Waals surface area contributed by atoms with Crippen molar-refractivity contribution in [1.82, 2.24) is 4.98 Å². The van der Waals surface area contributed by atoms with E-state index < -0.39 is 12.3 Å². The highest BCUT2D eigenvalue weighted by molar-refractivity contribution is 5.66. The summed E-state index contributed by atoms with van der Waals surface area (Å²) in [5, 5.41) is 8.89. The minimum atomic E-state index is -4.73. The van der Waals surface area contributed by atoms with Gasteiger partial charge in [0.1, 0.15) is 18.1 Å². The van der Waals surface area contributed by atoms with Gasteiger partial charge in [0, 0.05) is 25.6 Å². The van der Waals surface area contributed by atoms with Gasteiger partial charge in [0.2, 0.25) is 0 Å². The Bertz CT molecular complexity index is 876. The van der Waals surface area contributed by atoms with E-state index in [0.717, 1.165) is 5.69 Å². The lowest BCUT2D eigenvalue weighted by Crippen LogP contribution is -2.46. The summed E-state index contributed by atoms with van der Waals surface area (Å²) in [6, 6.07) is 7.27. The lowest BCUT2D eigenvalue weighted by atomic mass is 10.1. The maximum absolute atomic E-state index is 12.2. The quantitative estimate of drug-likeness (QED) is 0.664. The number of aliphatic carboxylic acids is 1. The zero-order chi connectivity index (χ0) is 22.4. The molecule has 2 aromatic rings. The van der Waals surface area contributed by atoms with Gasteiger partial charge in [0.05, 0.1) is 30.3 Å². The molecular formula is C21H23F3N2O5. The molecule has 0 spiro atoms. The first kappa shape index (κ1) is 22.7. The summed E-state index contributed by atoms with van der Waals surface area (Å²) in [5.74, 6) is -0.642. The summed E-state index contributed by atoms with van der Waals surface area (Å²) in [6.45, 7) is 3.26. The van der Waals surface area contributed by atoms with Crippen LogP contribution in [0.3, 0.4) is 0 Å². The van der Waals surface area contributed by atoms with Crippen LogP contribution in [-0.4, -0.2) is 47.7 Å². The number of benzene rings is 1. The van der Waals surface area contributed by atoms with E-state index in [-0.39, 0.29) is 31.0 Å². The summed E-state index contributed by atoms with van der Waals surface area (Å²) in [4.78, 5) is 17.1. The average molecular weight is 440 g/mol. The molecule has 1 aliphatic rings. The van der Waals surface area contributed by atoms with Gasteiger partial charge in [-0.25, -0.2) is 0 Å². The Kier molecular flexibility index (Phi) is 7.21. The second kappa shape index (κ2) is 9.86. The van der Waals surface area contributed by atoms with E-state index in [1.165, 1.54) is 24.3 Å². The Labute approximate surface area is 177 Å². The molecule has 2 atom stereocenters. The van der Waals surface area contributed by atoms with Crippen LogP contribution in [-0.2, 0) is 16.1 Å². The van der Waals surface area contributed by atoms with Crippen LogP contribution in [0, 0.1) is 0 Å². The molecule has 1 aromatic heterocycles. The molecule has 1 N–H and O–H groups in total. The zero-order valence-corrected chi connectivity index (χ0v) is 16.8. The highest BCUT2D eigenvalue weighted by Gasteiger charge is 2.31. The number of hydrogen-bond donors (Lipinski definition) is 1. The van der Waals surface area contributed by atoms with Gasteiger partial charge in [0.15, 0.2) is 0 Å². The number of ether oxygens (including phenoxy) is 3. The van der Waals surface area contributed by atoms with Crippen molar-refractivity contribution >= 4 is 11.7 Å². The number of morpholine rings is 1. The number of carboxylic acids is 1. The highest BCUT2D eigenvalue weighted by atomic mass is 19.4. The van der Waals surface area contributed by atoms with Crippen molar-refractivity contribution in [2.75, 3.05) is 18.0 Å². The van der Waals surface area contributed by atoms with Crippen molar-refractivity contribution in [2.45, 2.75) is 44.9 Å². The topological polar surface area (TPSA) is 81.1 Å². The van der Waals surface area contributed by atoms with Crippen LogP contribution in [0.4, 0.5) is 18.9 Å². The third-order valence-corrected chi connectivity index (χ3v) is 4.63. The van der Waals surface area contributed by atoms with Crippen molar-refractivity contribution in [1.29, 1.82) is 0 Å². The third-order valence-electron chi connectivity index (χ3n) is 4.63. The fourth-order valence-electron chi connectivity index (χ4n) is 3.31. The van der Waals surface area contributed by atoms with Crippen molar-refractivity contribution in [3.63, 3.8) is 0 Å². The standard InChI is InChI=1S/C21H23F3N2O5/c1-14-11-26(12-18(30-14)6-7-20(27)28)16-8-19(10-25-9-16)29-13-15-2-4-17(5-3-15)31-21(22,23)24/h2-5,8-10,14,18H,6-7,11-13H2,1H3,(H,27,28)/t14-,18+/m1/s1. The molecule has 3 rings (SSSR count). The van der Waals surface area contributed by atoms with Gasteiger partial charge in [0.25, 0.3) is 0 Å². The molecule has 10 heteroatoms. The van der Waals surface area contributed by atoms with E-state index in [1.807, 2.05) is 13.0 Å². The molecule has 1 saturated heterocycles. The van der Waals surface area contributed by atoms with E-state index in [0.29, 0.717) is 30.8 Å². The van der Waals surface area contributed by atoms with Gasteiger partial charge < -0.3 is 24.2 Å². The summed E-state index contributed by atoms with van der Waals surface area (Å²) in [7, 11) is 0. The molecule has 1 aliphatic heterocycles. The highest BCUT2D eigenvalue weighted by Crippen LogP contribution is 2.26. The van der Waals surface area contributed by atoms with Crippen LogP contribution in [0.2, 0.25) is 0 Å². The van der Waals surface area contributed by atoms with Gasteiger partial charge in [-0.2, -0.15) is 0 Å². The number of rotatable bonds is 8. The van der Waals surface area contributed by atoms with Crippen LogP contribution < -0.4 is 14.4 Å². The van der Waals surface area contributed by atoms with Crippen LogP contribution >= 0.6 is 0 Å². The molecule has 1 fully saturated rings. The summed E-state index contributed by atoms with van der Waals surface area (Å²) in [6.07, 6.45) is -1.27. The number of hydrogen-bond acceptors (Lipinski definition) is 6. The molecule has 2 heterocycles. The Hall–Kier alpha value is -3.01. The molecule has 0 unspecified atom stereocenters. The fraction of sp³-hybridized carbons (Fsp3) is 0.429. The zero-order valence-electron chi connectivity index (χ0n) is 16.8. The monoisotopic (exact) mass is 440 g/mol. The van der Waals surface area contributed by atoms with E-state index >= 15 is 0 Å². The Morgan fingerprint density at radius 1 is 1.23 bits per heavy atom. The SMILES string of the molecule is C[C@@H]1CN(c2cncc(OCc3ccc(OC(F)(F)F)cc3)c2)C[C@H](CCC(=O)O)O1. The van der Waals surface area contributed by atoms with Crippen molar-refractivity contribution in [2.24, 2.45) is 0 Å². The summed E-state index contributed by atoms with van der Waals surface area (Å²) in [5.41, 5.74) is 1.50. The minimum absolute atomic E-state index is 0.0411. The predicted molar refractivity (Wildman–Crippen MR) is 105 cm³/mol. The molecule has 168 valence electrons. The normalized spacial score (nSPS) is 19.2. The van der Waals surface area contributed by atoms with Crippen molar-refractivity contribution < 1.29 is 37.3 Å². The van der Waals surface area contributed by atoms with Gasteiger partial charge in [-0.1, -0.05) is 12.1 Å². The Morgan fingerprint density at radius 2 is 1.97 bits per heavy atom. The number of alkyl halides is 3. The lowest BCUT2D eigenvalue weighted by molar-refractivity contribution is -0.274. The average Bonchev–Trinajstić information content (AvgIpc) is 2.70. The predicted octanol–water partition coefficient (Wildman–Crippen LogP) is 4.02. The molecule has 0 saturated carbocycles. The van der Waals surface area contributed by atoms with Gasteiger partial charge >= 0.3 is 12.3 Å². The van der Waals surface area contributed by atoms with Crippen LogP contribution in [0.5, 0.6) is 11.5 Å². The van der Waals surface area contributed by atoms with Crippen LogP contribution in [0.15, 0.2) is 42.7 Å². The second-order valence-electron chi connectivity index (χ2n) is 7.27. The molecular weight excluding hydrogens is 417 g/mol. The van der Waals surface area contributed by atoms with Crippen molar-refractivity contribution in [3.05, 3.63) is 48.3 Å². The van der Waals surface area contributed by atoms with E-state index in [1.54, 1.807) is 12.4 Å². The first-order chi connectivity index (χ1) is 14.7. The smallest absolute Gasteiger partial charge is 0.487 e. The molecule has 0 radical (unpaired) electrons. The van der Waals surface area contributed by atoms with Gasteiger partial charge in [-0.05, 0) is 31.0 Å². The maximum atomic E-state index is 12.2. The number of carbonyl (C=O) groups is 1. The number of carboxylic acid groups (broad SMARTS) is 1. The van der Waals surface area contributed by atoms with Crippen LogP contribution in [0.1, 0.15) is 25.3 Å². The Balaban J connectivity index is 1.59. The van der Waals surface area contributed by atoms with Gasteiger partial charge in [-0.15, -0.1) is 13.2 Å². The van der Waals surface area contributed by atoms with Crippen molar-refractivity contribution in [3.8, 4) is 11.5 Å². The molecule has 1 aromatic carbocycles. The Morgan fingerprint density at radius 3 is 2.65 bits per heavy atom. The first-order valence-corrected chi connectivity index (χ1v) is 9.72. The molecule has 0 bridgehead atoms. The number of anilines is 1. The first-order valence-electron chi connectivity index (χ1n) is 9.72. The van der Waals surface area contributed by atoms with E-state index in [2.05, 4.69) is 14.6 Å².